The van der Waals surface area contributed by atoms with Gasteiger partial charge in [-0.2, -0.15) is 0 Å². The van der Waals surface area contributed by atoms with Crippen molar-refractivity contribution >= 4 is 0 Å². The van der Waals surface area contributed by atoms with Crippen LogP contribution >= 0.6 is 0 Å². The molecule has 2 unspecified atom stereocenters. The summed E-state index contributed by atoms with van der Waals surface area (Å²) in [7, 11) is 0. The number of aromatic nitrogens is 2. The Bertz CT molecular complexity index is 363. The van der Waals surface area contributed by atoms with E-state index in [0.29, 0.717) is 12.8 Å². The summed E-state index contributed by atoms with van der Waals surface area (Å²) in [6.07, 6.45) is 9.13. The van der Waals surface area contributed by atoms with E-state index in [1.165, 1.54) is 0 Å². The molecule has 0 radical (unpaired) electrons. The molecule has 4 nitrogen and oxygen atoms in total. The van der Waals surface area contributed by atoms with Gasteiger partial charge in [0.2, 0.25) is 0 Å². The summed E-state index contributed by atoms with van der Waals surface area (Å²) >= 11 is 0. The van der Waals surface area contributed by atoms with Gasteiger partial charge in [0.25, 0.3) is 0 Å². The van der Waals surface area contributed by atoms with Crippen molar-refractivity contribution in [3.8, 4) is 0 Å². The minimum atomic E-state index is -0.644. The Morgan fingerprint density at radius 3 is 3.18 bits per heavy atom. The average Bonchev–Trinajstić information content (AvgIpc) is 2.65. The molecule has 1 fully saturated rings. The fourth-order valence-electron chi connectivity index (χ4n) is 2.79. The van der Waals surface area contributed by atoms with Crippen LogP contribution in [0, 0.1) is 0 Å². The van der Waals surface area contributed by atoms with Crippen molar-refractivity contribution in [2.24, 2.45) is 5.73 Å². The Labute approximate surface area is 103 Å². The van der Waals surface area contributed by atoms with Gasteiger partial charge in [-0.15, -0.1) is 0 Å². The zero-order chi connectivity index (χ0) is 12.3. The fourth-order valence-corrected chi connectivity index (χ4v) is 2.79. The molecule has 2 atom stereocenters. The average molecular weight is 237 g/mol. The summed E-state index contributed by atoms with van der Waals surface area (Å²) < 4.78 is 2.14. The van der Waals surface area contributed by atoms with Crippen LogP contribution < -0.4 is 5.73 Å². The van der Waals surface area contributed by atoms with Gasteiger partial charge in [-0.1, -0.05) is 6.92 Å². The van der Waals surface area contributed by atoms with Crippen LogP contribution in [0.15, 0.2) is 12.4 Å². The summed E-state index contributed by atoms with van der Waals surface area (Å²) in [5.41, 5.74) is 5.30. The zero-order valence-electron chi connectivity index (χ0n) is 10.6. The van der Waals surface area contributed by atoms with E-state index in [2.05, 4.69) is 16.5 Å². The summed E-state index contributed by atoms with van der Waals surface area (Å²) in [5.74, 6) is 0.989. The van der Waals surface area contributed by atoms with Crippen molar-refractivity contribution in [1.29, 1.82) is 0 Å². The first-order valence-corrected chi connectivity index (χ1v) is 6.61. The molecule has 1 aromatic rings. The molecular formula is C13H23N3O. The summed E-state index contributed by atoms with van der Waals surface area (Å²) in [6, 6.07) is 0.142. The number of aliphatic hydroxyl groups is 1. The van der Waals surface area contributed by atoms with Crippen molar-refractivity contribution in [2.45, 2.75) is 63.6 Å². The van der Waals surface area contributed by atoms with E-state index in [-0.39, 0.29) is 6.04 Å². The van der Waals surface area contributed by atoms with Crippen molar-refractivity contribution in [3.05, 3.63) is 18.2 Å². The summed E-state index contributed by atoms with van der Waals surface area (Å²) in [5, 5.41) is 10.6. The van der Waals surface area contributed by atoms with Gasteiger partial charge in [0.05, 0.1) is 5.60 Å². The number of rotatable bonds is 4. The van der Waals surface area contributed by atoms with Crippen molar-refractivity contribution in [3.63, 3.8) is 0 Å². The maximum absolute atomic E-state index is 10.6. The predicted octanol–water partition coefficient (Wildman–Crippen LogP) is 1.47. The molecule has 1 saturated carbocycles. The minimum Gasteiger partial charge on any atom is -0.389 e. The molecular weight excluding hydrogens is 214 g/mol. The monoisotopic (exact) mass is 237 g/mol. The Morgan fingerprint density at radius 2 is 2.47 bits per heavy atom. The van der Waals surface area contributed by atoms with E-state index in [4.69, 9.17) is 5.73 Å². The standard InChI is InChI=1S/C13H23N3O/c1-2-7-16-8-6-15-12(16)10-13(17)5-3-4-11(14)9-13/h6,8,11,17H,2-5,7,9-10,14H2,1H3. The lowest BCUT2D eigenvalue weighted by atomic mass is 9.80. The maximum atomic E-state index is 10.6. The number of nitrogens with zero attached hydrogens (tertiary/aromatic N) is 2. The molecule has 1 heterocycles. The van der Waals surface area contributed by atoms with Crippen molar-refractivity contribution in [1.82, 2.24) is 9.55 Å². The van der Waals surface area contributed by atoms with E-state index in [1.807, 2.05) is 12.4 Å². The SMILES string of the molecule is CCCn1ccnc1CC1(O)CCCC(N)C1. The van der Waals surface area contributed by atoms with Gasteiger partial charge >= 0.3 is 0 Å². The van der Waals surface area contributed by atoms with Crippen LogP contribution in [0.4, 0.5) is 0 Å². The van der Waals surface area contributed by atoms with E-state index in [1.54, 1.807) is 0 Å². The lowest BCUT2D eigenvalue weighted by Gasteiger charge is -2.35. The van der Waals surface area contributed by atoms with Gasteiger partial charge in [0, 0.05) is 31.4 Å². The number of aryl methyl sites for hydroxylation is 1. The van der Waals surface area contributed by atoms with Gasteiger partial charge < -0.3 is 15.4 Å². The van der Waals surface area contributed by atoms with E-state index >= 15 is 0 Å². The number of nitrogens with two attached hydrogens (primary N) is 1. The minimum absolute atomic E-state index is 0.142. The van der Waals surface area contributed by atoms with Gasteiger partial charge in [0.15, 0.2) is 0 Å². The molecule has 96 valence electrons. The quantitative estimate of drug-likeness (QED) is 0.833. The number of hydrogen-bond acceptors (Lipinski definition) is 3. The number of imidazole rings is 1. The first-order chi connectivity index (χ1) is 8.13. The highest BCUT2D eigenvalue weighted by atomic mass is 16.3. The fraction of sp³-hybridized carbons (Fsp3) is 0.769. The third kappa shape index (κ3) is 3.07. The molecule has 0 spiro atoms. The largest absolute Gasteiger partial charge is 0.389 e. The molecule has 4 heteroatoms. The van der Waals surface area contributed by atoms with E-state index < -0.39 is 5.60 Å². The Kier molecular flexibility index (Phi) is 3.84. The maximum Gasteiger partial charge on any atom is 0.111 e. The molecule has 0 saturated heterocycles. The molecule has 0 amide bonds. The van der Waals surface area contributed by atoms with Crippen LogP contribution in [0.25, 0.3) is 0 Å². The molecule has 1 aromatic heterocycles. The first kappa shape index (κ1) is 12.6. The highest BCUT2D eigenvalue weighted by molar-refractivity contribution is 5.01. The van der Waals surface area contributed by atoms with Crippen LogP contribution in [0.5, 0.6) is 0 Å². The van der Waals surface area contributed by atoms with Gasteiger partial charge in [-0.05, 0) is 32.1 Å². The Balaban J connectivity index is 2.05. The summed E-state index contributed by atoms with van der Waals surface area (Å²) in [4.78, 5) is 4.36. The number of hydrogen-bond donors (Lipinski definition) is 2. The molecule has 2 rings (SSSR count). The van der Waals surface area contributed by atoms with Crippen LogP contribution in [0.2, 0.25) is 0 Å². The Hall–Kier alpha value is -0.870. The van der Waals surface area contributed by atoms with Crippen LogP contribution in [0.1, 0.15) is 44.9 Å². The lowest BCUT2D eigenvalue weighted by molar-refractivity contribution is -0.00422. The first-order valence-electron chi connectivity index (χ1n) is 6.61. The predicted molar refractivity (Wildman–Crippen MR) is 67.6 cm³/mol. The second-order valence-corrected chi connectivity index (χ2v) is 5.29. The molecule has 3 N–H and O–H groups in total. The van der Waals surface area contributed by atoms with Crippen LogP contribution in [-0.2, 0) is 13.0 Å². The smallest absolute Gasteiger partial charge is 0.111 e. The lowest BCUT2D eigenvalue weighted by Crippen LogP contribution is -2.43. The highest BCUT2D eigenvalue weighted by Crippen LogP contribution is 2.30. The normalized spacial score (nSPS) is 29.5. The van der Waals surface area contributed by atoms with Crippen LogP contribution in [0.3, 0.4) is 0 Å². The van der Waals surface area contributed by atoms with Crippen molar-refractivity contribution < 1.29 is 5.11 Å². The van der Waals surface area contributed by atoms with Crippen LogP contribution in [-0.4, -0.2) is 26.3 Å². The van der Waals surface area contributed by atoms with Gasteiger partial charge in [-0.25, -0.2) is 4.98 Å². The second-order valence-electron chi connectivity index (χ2n) is 5.29. The van der Waals surface area contributed by atoms with Crippen molar-refractivity contribution in [2.75, 3.05) is 0 Å². The highest BCUT2D eigenvalue weighted by Gasteiger charge is 2.34. The molecule has 0 aliphatic heterocycles. The van der Waals surface area contributed by atoms with Gasteiger partial charge in [0.1, 0.15) is 5.82 Å². The Morgan fingerprint density at radius 1 is 1.65 bits per heavy atom. The molecule has 0 bridgehead atoms. The molecule has 17 heavy (non-hydrogen) atoms. The van der Waals surface area contributed by atoms with Gasteiger partial charge in [-0.3, -0.25) is 0 Å². The third-order valence-corrected chi connectivity index (χ3v) is 3.61. The zero-order valence-corrected chi connectivity index (χ0v) is 10.6. The molecule has 1 aliphatic carbocycles. The summed E-state index contributed by atoms with van der Waals surface area (Å²) in [6.45, 7) is 3.12. The second kappa shape index (κ2) is 5.19. The molecule has 1 aliphatic rings. The van der Waals surface area contributed by atoms with E-state index in [9.17, 15) is 5.11 Å². The molecule has 0 aromatic carbocycles. The van der Waals surface area contributed by atoms with E-state index in [0.717, 1.165) is 38.1 Å². The third-order valence-electron chi connectivity index (χ3n) is 3.61. The topological polar surface area (TPSA) is 64.1 Å².